The number of nitrogens with zero attached hydrogens (tertiary/aromatic N) is 5. The third kappa shape index (κ3) is 3.22. The fourth-order valence-electron chi connectivity index (χ4n) is 3.53. The molecule has 1 aliphatic carbocycles. The van der Waals surface area contributed by atoms with Crippen LogP contribution in [0.25, 0.3) is 17.1 Å². The molecule has 6 heteroatoms. The van der Waals surface area contributed by atoms with E-state index in [1.54, 1.807) is 6.20 Å². The highest BCUT2D eigenvalue weighted by Crippen LogP contribution is 2.33. The first-order chi connectivity index (χ1) is 12.2. The maximum Gasteiger partial charge on any atom is 0.136 e. The molecule has 25 heavy (non-hydrogen) atoms. The molecule has 0 amide bonds. The Morgan fingerprint density at radius 2 is 2.04 bits per heavy atom. The lowest BCUT2D eigenvalue weighted by Gasteiger charge is -2.27. The number of aliphatic hydroxyl groups excluding tert-OH is 1. The van der Waals surface area contributed by atoms with Crippen molar-refractivity contribution in [3.05, 3.63) is 48.5 Å². The van der Waals surface area contributed by atoms with Crippen molar-refractivity contribution < 1.29 is 5.11 Å². The summed E-state index contributed by atoms with van der Waals surface area (Å²) < 4.78 is 3.92. The van der Waals surface area contributed by atoms with Crippen molar-refractivity contribution >= 4 is 0 Å². The van der Waals surface area contributed by atoms with Gasteiger partial charge in [0.1, 0.15) is 11.4 Å². The van der Waals surface area contributed by atoms with Crippen LogP contribution >= 0.6 is 0 Å². The van der Waals surface area contributed by atoms with Gasteiger partial charge in [0.2, 0.25) is 0 Å². The summed E-state index contributed by atoms with van der Waals surface area (Å²) in [5.41, 5.74) is 3.80. The van der Waals surface area contributed by atoms with Gasteiger partial charge in [-0.15, -0.1) is 0 Å². The second kappa shape index (κ2) is 6.80. The van der Waals surface area contributed by atoms with Gasteiger partial charge < -0.3 is 5.11 Å². The van der Waals surface area contributed by atoms with E-state index in [9.17, 15) is 5.11 Å². The molecule has 0 saturated heterocycles. The Labute approximate surface area is 147 Å². The molecule has 3 heterocycles. The zero-order valence-electron chi connectivity index (χ0n) is 14.4. The summed E-state index contributed by atoms with van der Waals surface area (Å²) in [6, 6.07) is 6.35. The number of hydrogen-bond donors (Lipinski definition) is 1. The lowest BCUT2D eigenvalue weighted by molar-refractivity contribution is 0.165. The van der Waals surface area contributed by atoms with Gasteiger partial charge in [-0.05, 0) is 56.2 Å². The fraction of sp³-hybridized carbons (Fsp3) is 0.421. The Hall–Kier alpha value is -2.47. The molecular formula is C19H23N5O. The second-order valence-corrected chi connectivity index (χ2v) is 6.87. The Morgan fingerprint density at radius 3 is 2.68 bits per heavy atom. The molecule has 4 rings (SSSR count). The minimum Gasteiger partial charge on any atom is -0.396 e. The van der Waals surface area contributed by atoms with Gasteiger partial charge in [-0.2, -0.15) is 10.2 Å². The lowest BCUT2D eigenvalue weighted by atomic mass is 9.87. The monoisotopic (exact) mass is 337 g/mol. The molecule has 1 fully saturated rings. The predicted octanol–water partition coefficient (Wildman–Crippen LogP) is 3.16. The average Bonchev–Trinajstić information content (AvgIpc) is 3.32. The molecule has 0 aliphatic heterocycles. The maximum absolute atomic E-state index is 9.35. The topological polar surface area (TPSA) is 68.8 Å². The van der Waals surface area contributed by atoms with Crippen LogP contribution in [0.15, 0.2) is 43.0 Å². The maximum atomic E-state index is 9.35. The summed E-state index contributed by atoms with van der Waals surface area (Å²) in [7, 11) is 0. The molecule has 130 valence electrons. The second-order valence-electron chi connectivity index (χ2n) is 6.87. The summed E-state index contributed by atoms with van der Waals surface area (Å²) in [5.74, 6) is 0.440. The van der Waals surface area contributed by atoms with Crippen molar-refractivity contribution in [2.75, 3.05) is 6.61 Å². The van der Waals surface area contributed by atoms with Crippen LogP contribution in [0.1, 0.15) is 37.3 Å². The van der Waals surface area contributed by atoms with E-state index in [0.717, 1.165) is 48.3 Å². The molecule has 0 unspecified atom stereocenters. The minimum atomic E-state index is 0.295. The third-order valence-corrected chi connectivity index (χ3v) is 5.07. The van der Waals surface area contributed by atoms with Crippen LogP contribution in [0, 0.1) is 12.8 Å². The largest absolute Gasteiger partial charge is 0.396 e. The van der Waals surface area contributed by atoms with Gasteiger partial charge in [0, 0.05) is 25.2 Å². The number of hydrogen-bond acceptors (Lipinski definition) is 4. The smallest absolute Gasteiger partial charge is 0.136 e. The molecule has 0 spiro atoms. The van der Waals surface area contributed by atoms with Gasteiger partial charge in [-0.25, -0.2) is 4.68 Å². The summed E-state index contributed by atoms with van der Waals surface area (Å²) in [6.07, 6.45) is 11.9. The normalized spacial score (nSPS) is 20.7. The van der Waals surface area contributed by atoms with E-state index >= 15 is 0 Å². The Kier molecular flexibility index (Phi) is 4.36. The molecule has 3 aromatic rings. The van der Waals surface area contributed by atoms with E-state index in [1.807, 2.05) is 36.1 Å². The van der Waals surface area contributed by atoms with E-state index in [4.69, 9.17) is 5.10 Å². The van der Waals surface area contributed by atoms with Crippen LogP contribution in [-0.2, 0) is 0 Å². The van der Waals surface area contributed by atoms with Gasteiger partial charge >= 0.3 is 0 Å². The van der Waals surface area contributed by atoms with Crippen LogP contribution in [0.4, 0.5) is 0 Å². The van der Waals surface area contributed by atoms with Gasteiger partial charge in [0.25, 0.3) is 0 Å². The van der Waals surface area contributed by atoms with Gasteiger partial charge in [0.15, 0.2) is 0 Å². The molecule has 0 aromatic carbocycles. The Morgan fingerprint density at radius 1 is 1.20 bits per heavy atom. The van der Waals surface area contributed by atoms with Crippen molar-refractivity contribution in [2.45, 2.75) is 38.6 Å². The van der Waals surface area contributed by atoms with Crippen molar-refractivity contribution in [2.24, 2.45) is 5.92 Å². The third-order valence-electron chi connectivity index (χ3n) is 5.07. The Bertz CT molecular complexity index is 814. The van der Waals surface area contributed by atoms with Crippen molar-refractivity contribution in [1.29, 1.82) is 0 Å². The summed E-state index contributed by atoms with van der Waals surface area (Å²) in [6.45, 7) is 2.33. The molecule has 6 nitrogen and oxygen atoms in total. The van der Waals surface area contributed by atoms with Crippen LogP contribution in [0.3, 0.4) is 0 Å². The van der Waals surface area contributed by atoms with Gasteiger partial charge in [-0.3, -0.25) is 9.67 Å². The highest BCUT2D eigenvalue weighted by molar-refractivity contribution is 5.65. The highest BCUT2D eigenvalue weighted by Gasteiger charge is 2.24. The van der Waals surface area contributed by atoms with Crippen LogP contribution in [0.2, 0.25) is 0 Å². The first kappa shape index (κ1) is 16.0. The van der Waals surface area contributed by atoms with E-state index in [1.165, 1.54) is 0 Å². The number of aliphatic hydroxyl groups is 1. The number of aromatic nitrogens is 5. The van der Waals surface area contributed by atoms with Crippen molar-refractivity contribution in [3.8, 4) is 17.1 Å². The summed E-state index contributed by atoms with van der Waals surface area (Å²) in [4.78, 5) is 4.55. The van der Waals surface area contributed by atoms with Gasteiger partial charge in [0.05, 0.1) is 17.9 Å². The van der Waals surface area contributed by atoms with E-state index in [-0.39, 0.29) is 0 Å². The molecule has 1 aliphatic rings. The fourth-order valence-corrected chi connectivity index (χ4v) is 3.53. The molecule has 1 N–H and O–H groups in total. The number of pyridine rings is 1. The van der Waals surface area contributed by atoms with Crippen LogP contribution < -0.4 is 0 Å². The van der Waals surface area contributed by atoms with Gasteiger partial charge in [-0.1, -0.05) is 6.07 Å². The first-order valence-electron chi connectivity index (χ1n) is 8.87. The minimum absolute atomic E-state index is 0.295. The van der Waals surface area contributed by atoms with Crippen LogP contribution in [0.5, 0.6) is 0 Å². The Balaban J connectivity index is 1.70. The molecule has 0 radical (unpaired) electrons. The zero-order valence-corrected chi connectivity index (χ0v) is 14.4. The highest BCUT2D eigenvalue weighted by atomic mass is 16.3. The van der Waals surface area contributed by atoms with Crippen molar-refractivity contribution in [1.82, 2.24) is 24.5 Å². The van der Waals surface area contributed by atoms with Crippen LogP contribution in [-0.4, -0.2) is 36.3 Å². The SMILES string of the molecule is Cc1ccc(-c2nn(C3CCC(CO)CC3)cc2-n2cccn2)nc1. The standard InChI is InChI=1S/C19H23N5O/c1-14-3-8-17(20-11-14)19-18(23-10-2-9-21-23)12-24(22-19)16-6-4-15(13-25)5-7-16/h2-3,8-12,15-16,25H,4-7,13H2,1H3. The number of aryl methyl sites for hydroxylation is 1. The molecule has 1 saturated carbocycles. The predicted molar refractivity (Wildman–Crippen MR) is 95.4 cm³/mol. The molecule has 0 bridgehead atoms. The quantitative estimate of drug-likeness (QED) is 0.794. The zero-order chi connectivity index (χ0) is 17.2. The average molecular weight is 337 g/mol. The summed E-state index contributed by atoms with van der Waals surface area (Å²) >= 11 is 0. The van der Waals surface area contributed by atoms with E-state index in [2.05, 4.69) is 27.0 Å². The number of rotatable bonds is 4. The van der Waals surface area contributed by atoms with Crippen molar-refractivity contribution in [3.63, 3.8) is 0 Å². The molecular weight excluding hydrogens is 314 g/mol. The molecule has 3 aromatic heterocycles. The lowest BCUT2D eigenvalue weighted by Crippen LogP contribution is -2.20. The summed E-state index contributed by atoms with van der Waals surface area (Å²) in [5, 5.41) is 18.6. The van der Waals surface area contributed by atoms with E-state index < -0.39 is 0 Å². The first-order valence-corrected chi connectivity index (χ1v) is 8.87. The van der Waals surface area contributed by atoms with E-state index in [0.29, 0.717) is 18.6 Å². The molecule has 0 atom stereocenters.